The van der Waals surface area contributed by atoms with Gasteiger partial charge in [-0.2, -0.15) is 0 Å². The second kappa shape index (κ2) is 6.76. The maximum atomic E-state index is 10.2. The molecule has 0 bridgehead atoms. The Balaban J connectivity index is 0.00000225. The van der Waals surface area contributed by atoms with Crippen molar-refractivity contribution in [3.8, 4) is 0 Å². The van der Waals surface area contributed by atoms with E-state index in [9.17, 15) is 9.90 Å². The molecule has 3 nitrogen and oxygen atoms in total. The van der Waals surface area contributed by atoms with E-state index in [0.717, 1.165) is 5.69 Å². The molecule has 0 atom stereocenters. The third-order valence-corrected chi connectivity index (χ3v) is 2.19. The summed E-state index contributed by atoms with van der Waals surface area (Å²) >= 11 is 0. The molecule has 0 aromatic heterocycles. The number of hydrogen-bond donors (Lipinski definition) is 1. The number of hydrogen-bond acceptors (Lipinski definition) is 3. The number of carboxylic acids is 1. The van der Waals surface area contributed by atoms with Crippen molar-refractivity contribution in [3.05, 3.63) is 29.8 Å². The fourth-order valence-corrected chi connectivity index (χ4v) is 1.26. The van der Waals surface area contributed by atoms with Crippen molar-refractivity contribution >= 4 is 11.7 Å². The number of anilines is 1. The molecule has 16 heavy (non-hydrogen) atoms. The quantitative estimate of drug-likeness (QED) is 0.636. The zero-order chi connectivity index (χ0) is 11.5. The van der Waals surface area contributed by atoms with Gasteiger partial charge in [-0.3, -0.25) is 0 Å². The number of rotatable bonds is 3. The van der Waals surface area contributed by atoms with Crippen LogP contribution in [0.4, 0.5) is 5.69 Å². The minimum atomic E-state index is -1.10. The van der Waals surface area contributed by atoms with Gasteiger partial charge in [-0.15, -0.1) is 0 Å². The van der Waals surface area contributed by atoms with Gasteiger partial charge >= 0.3 is 51.4 Å². The summed E-state index contributed by atoms with van der Waals surface area (Å²) < 4.78 is 0. The minimum absolute atomic E-state index is 0. The number of aliphatic carboxylic acids is 1. The Kier molecular flexibility index (Phi) is 6.82. The molecule has 0 unspecified atom stereocenters. The monoisotopic (exact) mass is 245 g/mol. The van der Waals surface area contributed by atoms with E-state index in [-0.39, 0.29) is 63.3 Å². The van der Waals surface area contributed by atoms with Crippen LogP contribution in [0, 0.1) is 0 Å². The van der Waals surface area contributed by atoms with Crippen LogP contribution < -0.4 is 61.8 Å². The Morgan fingerprint density at radius 2 is 1.75 bits per heavy atom. The van der Waals surface area contributed by atoms with Crippen LogP contribution in [0.5, 0.6) is 0 Å². The standard InChI is InChI=1S/C12H17NO2.K/c1-12(2,3)9-4-6-10(7-5-9)13-8-11(14)15;/h4-7,13H,8H2,1-3H3,(H,14,15);/q;+1/p-1. The molecule has 0 saturated heterocycles. The average molecular weight is 245 g/mol. The van der Waals surface area contributed by atoms with Crippen LogP contribution >= 0.6 is 0 Å². The fourth-order valence-electron chi connectivity index (χ4n) is 1.26. The zero-order valence-corrected chi connectivity index (χ0v) is 13.5. The molecule has 0 amide bonds. The molecule has 0 saturated carbocycles. The first kappa shape index (κ1) is 16.1. The molecule has 0 heterocycles. The van der Waals surface area contributed by atoms with Crippen LogP contribution in [-0.4, -0.2) is 12.5 Å². The van der Waals surface area contributed by atoms with Crippen LogP contribution in [0.2, 0.25) is 0 Å². The van der Waals surface area contributed by atoms with Crippen molar-refractivity contribution in [2.75, 3.05) is 11.9 Å². The molecule has 4 heteroatoms. The Morgan fingerprint density at radius 1 is 1.25 bits per heavy atom. The van der Waals surface area contributed by atoms with E-state index in [1.807, 2.05) is 24.3 Å². The topological polar surface area (TPSA) is 52.2 Å². The van der Waals surface area contributed by atoms with Gasteiger partial charge in [-0.25, -0.2) is 0 Å². The van der Waals surface area contributed by atoms with Gasteiger partial charge in [0.15, 0.2) is 0 Å². The van der Waals surface area contributed by atoms with E-state index in [1.165, 1.54) is 5.56 Å². The van der Waals surface area contributed by atoms with Gasteiger partial charge in [0.1, 0.15) is 0 Å². The molecular weight excluding hydrogens is 229 g/mol. The molecule has 1 aromatic rings. The van der Waals surface area contributed by atoms with Crippen molar-refractivity contribution in [2.45, 2.75) is 26.2 Å². The molecule has 0 aliphatic carbocycles. The van der Waals surface area contributed by atoms with Crippen LogP contribution in [-0.2, 0) is 10.2 Å². The number of carboxylic acid groups (broad SMARTS) is 1. The van der Waals surface area contributed by atoms with E-state index in [2.05, 4.69) is 26.1 Å². The van der Waals surface area contributed by atoms with Gasteiger partial charge in [0.05, 0.1) is 12.5 Å². The third kappa shape index (κ3) is 5.45. The maximum Gasteiger partial charge on any atom is 1.00 e. The maximum absolute atomic E-state index is 10.2. The number of benzene rings is 1. The Hall–Kier alpha value is 0.126. The molecule has 1 N–H and O–H groups in total. The molecule has 1 rings (SSSR count). The number of nitrogens with one attached hydrogen (secondary N) is 1. The zero-order valence-electron chi connectivity index (χ0n) is 10.3. The first-order valence-electron chi connectivity index (χ1n) is 4.94. The first-order chi connectivity index (χ1) is 6.89. The second-order valence-corrected chi connectivity index (χ2v) is 4.55. The minimum Gasteiger partial charge on any atom is -0.548 e. The van der Waals surface area contributed by atoms with Crippen LogP contribution in [0.3, 0.4) is 0 Å². The van der Waals surface area contributed by atoms with Gasteiger partial charge in [-0.05, 0) is 23.1 Å². The molecule has 0 aliphatic heterocycles. The van der Waals surface area contributed by atoms with Crippen LogP contribution in [0.25, 0.3) is 0 Å². The summed E-state index contributed by atoms with van der Waals surface area (Å²) in [6, 6.07) is 7.75. The summed E-state index contributed by atoms with van der Waals surface area (Å²) in [5.41, 5.74) is 2.14. The Labute approximate surface area is 139 Å². The number of carbonyl (C=O) groups excluding carboxylic acids is 1. The molecular formula is C12H16KNO2. The second-order valence-electron chi connectivity index (χ2n) is 4.55. The largest absolute Gasteiger partial charge is 1.00 e. The number of carbonyl (C=O) groups is 1. The summed E-state index contributed by atoms with van der Waals surface area (Å²) in [6.07, 6.45) is 0. The average Bonchev–Trinajstić information content (AvgIpc) is 2.14. The molecule has 0 spiro atoms. The van der Waals surface area contributed by atoms with Crippen molar-refractivity contribution in [2.24, 2.45) is 0 Å². The summed E-state index contributed by atoms with van der Waals surface area (Å²) in [6.45, 7) is 6.25. The van der Waals surface area contributed by atoms with Crippen molar-refractivity contribution in [3.63, 3.8) is 0 Å². The van der Waals surface area contributed by atoms with Crippen molar-refractivity contribution in [1.82, 2.24) is 0 Å². The predicted molar refractivity (Wildman–Crippen MR) is 58.6 cm³/mol. The summed E-state index contributed by atoms with van der Waals surface area (Å²) in [5, 5.41) is 13.0. The summed E-state index contributed by atoms with van der Waals surface area (Å²) in [7, 11) is 0. The Morgan fingerprint density at radius 3 is 2.12 bits per heavy atom. The molecule has 0 aliphatic rings. The van der Waals surface area contributed by atoms with Crippen LogP contribution in [0.15, 0.2) is 24.3 Å². The normalized spacial score (nSPS) is 10.4. The summed E-state index contributed by atoms with van der Waals surface area (Å²) in [5.74, 6) is -1.10. The first-order valence-corrected chi connectivity index (χ1v) is 4.94. The van der Waals surface area contributed by atoms with Crippen molar-refractivity contribution in [1.29, 1.82) is 0 Å². The van der Waals surface area contributed by atoms with E-state index in [1.54, 1.807) is 0 Å². The van der Waals surface area contributed by atoms with E-state index < -0.39 is 5.97 Å². The van der Waals surface area contributed by atoms with Gasteiger partial charge in [-0.1, -0.05) is 32.9 Å². The molecule has 1 aromatic carbocycles. The SMILES string of the molecule is CC(C)(C)c1ccc(NCC(=O)[O-])cc1.[K+]. The third-order valence-electron chi connectivity index (χ3n) is 2.19. The molecule has 82 valence electrons. The summed E-state index contributed by atoms with van der Waals surface area (Å²) in [4.78, 5) is 10.2. The predicted octanol–water partition coefficient (Wildman–Crippen LogP) is -1.85. The van der Waals surface area contributed by atoms with Gasteiger partial charge in [0.25, 0.3) is 0 Å². The Bertz CT molecular complexity index is 341. The molecule has 0 radical (unpaired) electrons. The van der Waals surface area contributed by atoms with Crippen LogP contribution in [0.1, 0.15) is 26.3 Å². The van der Waals surface area contributed by atoms with E-state index >= 15 is 0 Å². The van der Waals surface area contributed by atoms with E-state index in [0.29, 0.717) is 0 Å². The smallest absolute Gasteiger partial charge is 0.548 e. The van der Waals surface area contributed by atoms with Gasteiger partial charge in [0, 0.05) is 5.69 Å². The van der Waals surface area contributed by atoms with E-state index in [4.69, 9.17) is 0 Å². The van der Waals surface area contributed by atoms with Crippen molar-refractivity contribution < 1.29 is 61.3 Å². The molecule has 0 fully saturated rings. The fraction of sp³-hybridized carbons (Fsp3) is 0.417. The van der Waals surface area contributed by atoms with Gasteiger partial charge in [0.2, 0.25) is 0 Å². The van der Waals surface area contributed by atoms with Gasteiger partial charge < -0.3 is 15.2 Å².